The molecular weight excluding hydrogens is 374 g/mol. The van der Waals surface area contributed by atoms with E-state index < -0.39 is 30.1 Å². The lowest BCUT2D eigenvalue weighted by atomic mass is 9.71. The second kappa shape index (κ2) is 7.04. The average molecular weight is 393 g/mol. The Morgan fingerprint density at radius 2 is 1.41 bits per heavy atom. The molecule has 2 nitrogen and oxygen atoms in total. The van der Waals surface area contributed by atoms with E-state index in [9.17, 15) is 13.2 Å². The van der Waals surface area contributed by atoms with Gasteiger partial charge in [-0.1, -0.05) is 60.7 Å². The van der Waals surface area contributed by atoms with Gasteiger partial charge in [0, 0.05) is 23.6 Å². The highest BCUT2D eigenvalue weighted by Crippen LogP contribution is 2.48. The van der Waals surface area contributed by atoms with Crippen molar-refractivity contribution in [2.45, 2.75) is 24.5 Å². The largest absolute Gasteiger partial charge is 0.425 e. The van der Waals surface area contributed by atoms with Crippen molar-refractivity contribution < 1.29 is 17.8 Å². The summed E-state index contributed by atoms with van der Waals surface area (Å²) >= 11 is 0. The van der Waals surface area contributed by atoms with E-state index in [1.54, 1.807) is 0 Å². The van der Waals surface area contributed by atoms with Gasteiger partial charge < -0.3 is 9.47 Å². The Morgan fingerprint density at radius 1 is 0.862 bits per heavy atom. The number of nitrogens with zero attached hydrogens (tertiary/aromatic N) is 1. The minimum Gasteiger partial charge on any atom is -0.402 e. The molecule has 6 heteroatoms. The van der Waals surface area contributed by atoms with Crippen LogP contribution in [0, 0.1) is 17.5 Å². The summed E-state index contributed by atoms with van der Waals surface area (Å²) in [5, 5.41) is 0. The zero-order valence-electron chi connectivity index (χ0n) is 15.7. The van der Waals surface area contributed by atoms with E-state index in [2.05, 4.69) is 0 Å². The minimum atomic E-state index is -0.933. The highest BCUT2D eigenvalue weighted by atomic mass is 19.1. The molecule has 2 fully saturated rings. The van der Waals surface area contributed by atoms with Gasteiger partial charge in [-0.15, -0.1) is 0 Å². The Balaban J connectivity index is 1.72. The third-order valence-electron chi connectivity index (χ3n) is 6.06. The van der Waals surface area contributed by atoms with Crippen LogP contribution in [0.25, 0.3) is 0 Å². The first-order chi connectivity index (χ1) is 14.1. The van der Waals surface area contributed by atoms with Crippen LogP contribution in [0.5, 0.6) is 0 Å². The van der Waals surface area contributed by atoms with Crippen LogP contribution in [-0.2, 0) is 10.3 Å². The summed E-state index contributed by atoms with van der Waals surface area (Å²) in [7, 11) is -0.927. The Morgan fingerprint density at radius 3 is 1.97 bits per heavy atom. The molecule has 146 valence electrons. The van der Waals surface area contributed by atoms with Gasteiger partial charge in [0.25, 0.3) is 0 Å². The van der Waals surface area contributed by atoms with Gasteiger partial charge in [0.1, 0.15) is 23.1 Å². The second-order valence-electron chi connectivity index (χ2n) is 7.62. The molecule has 3 aromatic carbocycles. The molecule has 0 bridgehead atoms. The Kier molecular flexibility index (Phi) is 4.48. The lowest BCUT2D eigenvalue weighted by molar-refractivity contribution is 0.106. The van der Waals surface area contributed by atoms with Gasteiger partial charge in [-0.25, -0.2) is 13.2 Å². The standard InChI is InChI=1S/C23H19BF3NO/c25-18-14-19(26)22(20(27)15-18)24-28-13-7-12-21(28)23(29-24,16-8-3-1-4-9-16)17-10-5-2-6-11-17/h1-6,8-11,14-15,21H,7,12-13H2/t21-/m0/s1. The van der Waals surface area contributed by atoms with Gasteiger partial charge in [0.15, 0.2) is 0 Å². The van der Waals surface area contributed by atoms with E-state index in [1.165, 1.54) is 0 Å². The van der Waals surface area contributed by atoms with Crippen LogP contribution in [0.15, 0.2) is 72.8 Å². The predicted octanol–water partition coefficient (Wildman–Crippen LogP) is 4.24. The molecular formula is C23H19BF3NO. The van der Waals surface area contributed by atoms with E-state index in [-0.39, 0.29) is 11.5 Å². The van der Waals surface area contributed by atoms with Gasteiger partial charge in [0.05, 0.1) is 0 Å². The van der Waals surface area contributed by atoms with Crippen molar-refractivity contribution >= 4 is 12.5 Å². The average Bonchev–Trinajstić information content (AvgIpc) is 3.32. The number of halogens is 3. The van der Waals surface area contributed by atoms with Gasteiger partial charge in [-0.3, -0.25) is 0 Å². The van der Waals surface area contributed by atoms with Gasteiger partial charge in [-0.05, 0) is 30.5 Å². The Hall–Kier alpha value is -2.57. The fourth-order valence-corrected chi connectivity index (χ4v) is 4.90. The molecule has 1 atom stereocenters. The maximum absolute atomic E-state index is 14.7. The van der Waals surface area contributed by atoms with Gasteiger partial charge >= 0.3 is 7.05 Å². The molecule has 0 aliphatic carbocycles. The third kappa shape index (κ3) is 2.82. The summed E-state index contributed by atoms with van der Waals surface area (Å²) in [5.41, 5.74) is 0.783. The number of benzene rings is 3. The van der Waals surface area contributed by atoms with Crippen LogP contribution in [0.1, 0.15) is 24.0 Å². The number of fused-ring (bicyclic) bond motifs is 1. The predicted molar refractivity (Wildman–Crippen MR) is 106 cm³/mol. The molecule has 29 heavy (non-hydrogen) atoms. The van der Waals surface area contributed by atoms with E-state index in [0.717, 1.165) is 36.1 Å². The van der Waals surface area contributed by atoms with E-state index in [0.29, 0.717) is 6.54 Å². The Labute approximate surface area is 168 Å². The van der Waals surface area contributed by atoms with Crippen LogP contribution in [0.2, 0.25) is 0 Å². The number of rotatable bonds is 3. The molecule has 0 N–H and O–H groups in total. The molecule has 2 heterocycles. The van der Waals surface area contributed by atoms with Crippen molar-refractivity contribution in [3.63, 3.8) is 0 Å². The summed E-state index contributed by atoms with van der Waals surface area (Å²) in [4.78, 5) is 2.01. The smallest absolute Gasteiger partial charge is 0.402 e. The van der Waals surface area contributed by atoms with E-state index in [4.69, 9.17) is 4.65 Å². The highest BCUT2D eigenvalue weighted by Gasteiger charge is 2.60. The van der Waals surface area contributed by atoms with Gasteiger partial charge in [0.2, 0.25) is 0 Å². The summed E-state index contributed by atoms with van der Waals surface area (Å²) < 4.78 is 49.5. The highest BCUT2D eigenvalue weighted by molar-refractivity contribution is 6.65. The van der Waals surface area contributed by atoms with Crippen LogP contribution in [0.3, 0.4) is 0 Å². The summed E-state index contributed by atoms with van der Waals surface area (Å²) in [6.07, 6.45) is 1.74. The Bertz CT molecular complexity index is 968. The van der Waals surface area contributed by atoms with Crippen molar-refractivity contribution in [2.75, 3.05) is 6.54 Å². The van der Waals surface area contributed by atoms with Crippen molar-refractivity contribution in [1.82, 2.24) is 4.81 Å². The summed E-state index contributed by atoms with van der Waals surface area (Å²) in [5.74, 6) is -2.78. The molecule has 2 saturated heterocycles. The van der Waals surface area contributed by atoms with E-state index >= 15 is 0 Å². The first kappa shape index (κ1) is 18.5. The van der Waals surface area contributed by atoms with Crippen molar-refractivity contribution in [3.8, 4) is 0 Å². The first-order valence-corrected chi connectivity index (χ1v) is 9.80. The molecule has 2 aliphatic heterocycles. The molecule has 0 saturated carbocycles. The van der Waals surface area contributed by atoms with Crippen molar-refractivity contribution in [1.29, 1.82) is 0 Å². The van der Waals surface area contributed by atoms with Gasteiger partial charge in [-0.2, -0.15) is 0 Å². The number of hydrogen-bond acceptors (Lipinski definition) is 2. The molecule has 0 amide bonds. The fraction of sp³-hybridized carbons (Fsp3) is 0.217. The zero-order valence-corrected chi connectivity index (χ0v) is 15.7. The van der Waals surface area contributed by atoms with E-state index in [1.807, 2.05) is 65.5 Å². The monoisotopic (exact) mass is 393 g/mol. The van der Waals surface area contributed by atoms with Crippen LogP contribution in [-0.4, -0.2) is 24.4 Å². The second-order valence-corrected chi connectivity index (χ2v) is 7.62. The molecule has 0 radical (unpaired) electrons. The molecule has 0 aromatic heterocycles. The SMILES string of the molecule is Fc1cc(F)c(B2OC(c3ccccc3)(c3ccccc3)[C@@H]3CCCN23)c(F)c1. The summed E-state index contributed by atoms with van der Waals surface area (Å²) in [6, 6.07) is 20.9. The summed E-state index contributed by atoms with van der Waals surface area (Å²) in [6.45, 7) is 0.660. The van der Waals surface area contributed by atoms with Crippen LogP contribution >= 0.6 is 0 Å². The van der Waals surface area contributed by atoms with Crippen LogP contribution < -0.4 is 5.46 Å². The molecule has 0 unspecified atom stereocenters. The normalized spacial score (nSPS) is 20.8. The lowest BCUT2D eigenvalue weighted by Gasteiger charge is -2.36. The zero-order chi connectivity index (χ0) is 20.0. The minimum absolute atomic E-state index is 0.0823. The quantitative estimate of drug-likeness (QED) is 0.618. The third-order valence-corrected chi connectivity index (χ3v) is 6.06. The molecule has 3 aromatic rings. The fourth-order valence-electron chi connectivity index (χ4n) is 4.90. The molecule has 5 rings (SSSR count). The molecule has 2 aliphatic rings. The first-order valence-electron chi connectivity index (χ1n) is 9.80. The number of hydrogen-bond donors (Lipinski definition) is 0. The van der Waals surface area contributed by atoms with Crippen LogP contribution in [0.4, 0.5) is 13.2 Å². The lowest BCUT2D eigenvalue weighted by Crippen LogP contribution is -2.48. The maximum atomic E-state index is 14.7. The topological polar surface area (TPSA) is 12.5 Å². The maximum Gasteiger partial charge on any atom is 0.425 e. The molecule has 0 spiro atoms. The van der Waals surface area contributed by atoms with Crippen molar-refractivity contribution in [2.24, 2.45) is 0 Å². The van der Waals surface area contributed by atoms with Crippen molar-refractivity contribution in [3.05, 3.63) is 101 Å².